The number of anilines is 2. The van der Waals surface area contributed by atoms with Crippen LogP contribution in [0.1, 0.15) is 24.0 Å². The minimum absolute atomic E-state index is 0.0336. The van der Waals surface area contributed by atoms with E-state index in [1.54, 1.807) is 24.5 Å². The number of halogens is 4. The third kappa shape index (κ3) is 6.72. The highest BCUT2D eigenvalue weighted by Gasteiger charge is 2.50. The van der Waals surface area contributed by atoms with Crippen LogP contribution in [0, 0.1) is 22.9 Å². The Morgan fingerprint density at radius 1 is 0.654 bits per heavy atom. The van der Waals surface area contributed by atoms with Crippen LogP contribution < -0.4 is 9.80 Å². The molecule has 0 unspecified atom stereocenters. The first-order valence-corrected chi connectivity index (χ1v) is 17.6. The summed E-state index contributed by atoms with van der Waals surface area (Å²) in [5, 5.41) is 19.1. The third-order valence-corrected chi connectivity index (χ3v) is 10.4. The molecule has 4 aromatic rings. The second kappa shape index (κ2) is 14.0. The molecular weight excluding hydrogens is 709 g/mol. The molecule has 0 N–H and O–H groups in total. The SMILES string of the molecule is N#CN1CC[C@@](F)(C(=O)N2CCc3cc(-c4cccc(Cl)c4)cnc32)C1.N#CN1CC[C@](F)(C(=O)N2CCc3cc(-c4cccc(Cl)c4)cnc32)C1. The molecule has 2 atom stereocenters. The van der Waals surface area contributed by atoms with Gasteiger partial charge in [0.15, 0.2) is 12.4 Å². The molecule has 10 nitrogen and oxygen atoms in total. The lowest BCUT2D eigenvalue weighted by molar-refractivity contribution is -0.129. The number of fused-ring (bicyclic) bond motifs is 2. The van der Waals surface area contributed by atoms with Crippen LogP contribution >= 0.6 is 23.2 Å². The summed E-state index contributed by atoms with van der Waals surface area (Å²) < 4.78 is 30.1. The van der Waals surface area contributed by atoms with Crippen molar-refractivity contribution in [1.82, 2.24) is 19.8 Å². The van der Waals surface area contributed by atoms with Crippen molar-refractivity contribution in [3.05, 3.63) is 94.2 Å². The van der Waals surface area contributed by atoms with Gasteiger partial charge < -0.3 is 9.80 Å². The lowest BCUT2D eigenvalue weighted by atomic mass is 10.0. The quantitative estimate of drug-likeness (QED) is 0.222. The van der Waals surface area contributed by atoms with Gasteiger partial charge >= 0.3 is 0 Å². The van der Waals surface area contributed by atoms with E-state index >= 15 is 8.78 Å². The number of nitrogens with zero attached hydrogens (tertiary/aromatic N) is 8. The van der Waals surface area contributed by atoms with E-state index < -0.39 is 23.2 Å². The molecule has 0 aliphatic carbocycles. The monoisotopic (exact) mass is 740 g/mol. The van der Waals surface area contributed by atoms with E-state index in [4.69, 9.17) is 33.7 Å². The smallest absolute Gasteiger partial charge is 0.267 e. The molecule has 2 aromatic carbocycles. The number of aromatic nitrogens is 2. The molecule has 0 bridgehead atoms. The predicted molar refractivity (Wildman–Crippen MR) is 193 cm³/mol. The second-order valence-corrected chi connectivity index (χ2v) is 14.2. The lowest BCUT2D eigenvalue weighted by Gasteiger charge is -2.25. The van der Waals surface area contributed by atoms with Crippen LogP contribution in [-0.4, -0.2) is 82.2 Å². The molecule has 264 valence electrons. The molecule has 2 saturated heterocycles. The Morgan fingerprint density at radius 2 is 1.08 bits per heavy atom. The van der Waals surface area contributed by atoms with E-state index in [2.05, 4.69) is 9.97 Å². The Balaban J connectivity index is 0.000000162. The number of pyridine rings is 2. The Kier molecular flexibility index (Phi) is 9.47. The fourth-order valence-corrected chi connectivity index (χ4v) is 7.51. The van der Waals surface area contributed by atoms with Crippen LogP contribution in [0.25, 0.3) is 22.3 Å². The summed E-state index contributed by atoms with van der Waals surface area (Å²) in [4.78, 5) is 39.7. The van der Waals surface area contributed by atoms with Crippen LogP contribution in [0.4, 0.5) is 20.4 Å². The van der Waals surface area contributed by atoms with E-state index in [1.807, 2.05) is 60.9 Å². The van der Waals surface area contributed by atoms with E-state index in [0.29, 0.717) is 47.6 Å². The number of amides is 2. The van der Waals surface area contributed by atoms with Crippen molar-refractivity contribution in [2.24, 2.45) is 0 Å². The van der Waals surface area contributed by atoms with Gasteiger partial charge in [0.2, 0.25) is 11.3 Å². The van der Waals surface area contributed by atoms with Gasteiger partial charge in [0.25, 0.3) is 11.8 Å². The Labute approximate surface area is 309 Å². The molecule has 0 spiro atoms. The van der Waals surface area contributed by atoms with Crippen molar-refractivity contribution in [2.45, 2.75) is 37.0 Å². The van der Waals surface area contributed by atoms with Crippen molar-refractivity contribution in [3.8, 4) is 34.6 Å². The summed E-state index contributed by atoms with van der Waals surface area (Å²) in [7, 11) is 0. The molecule has 4 aliphatic heterocycles. The summed E-state index contributed by atoms with van der Waals surface area (Å²) >= 11 is 12.1. The number of carbonyl (C=O) groups is 2. The number of alkyl halides is 2. The Morgan fingerprint density at radius 3 is 1.44 bits per heavy atom. The zero-order valence-corrected chi connectivity index (χ0v) is 29.4. The molecule has 0 saturated carbocycles. The van der Waals surface area contributed by atoms with Gasteiger partial charge in [0.05, 0.1) is 13.1 Å². The predicted octanol–water partition coefficient (Wildman–Crippen LogP) is 6.37. The summed E-state index contributed by atoms with van der Waals surface area (Å²) in [6.07, 6.45) is 8.49. The van der Waals surface area contributed by atoms with Gasteiger partial charge in [0, 0.05) is 72.6 Å². The highest BCUT2D eigenvalue weighted by atomic mass is 35.5. The average molecular weight is 742 g/mol. The number of nitriles is 2. The van der Waals surface area contributed by atoms with E-state index in [0.717, 1.165) is 33.4 Å². The molecule has 2 aromatic heterocycles. The molecule has 4 aliphatic rings. The lowest BCUT2D eigenvalue weighted by Crippen LogP contribution is -2.47. The van der Waals surface area contributed by atoms with Gasteiger partial charge in [-0.25, -0.2) is 18.7 Å². The normalized spacial score (nSPS) is 21.6. The molecule has 6 heterocycles. The third-order valence-electron chi connectivity index (χ3n) is 9.90. The minimum atomic E-state index is -2.02. The van der Waals surface area contributed by atoms with Crippen LogP contribution in [0.3, 0.4) is 0 Å². The number of hydrogen-bond donors (Lipinski definition) is 0. The van der Waals surface area contributed by atoms with Crippen molar-refractivity contribution >= 4 is 46.7 Å². The molecule has 2 amide bonds. The van der Waals surface area contributed by atoms with E-state index in [1.165, 1.54) is 19.6 Å². The van der Waals surface area contributed by atoms with Gasteiger partial charge in [-0.3, -0.25) is 19.4 Å². The Hall–Kier alpha value is -5.30. The van der Waals surface area contributed by atoms with Crippen LogP contribution in [0.2, 0.25) is 10.0 Å². The number of likely N-dealkylation sites (tertiary alicyclic amines) is 2. The van der Waals surface area contributed by atoms with Crippen molar-refractivity contribution in [2.75, 3.05) is 49.1 Å². The van der Waals surface area contributed by atoms with Gasteiger partial charge in [-0.15, -0.1) is 0 Å². The minimum Gasteiger partial charge on any atom is -0.307 e. The largest absolute Gasteiger partial charge is 0.307 e. The van der Waals surface area contributed by atoms with Crippen molar-refractivity contribution in [1.29, 1.82) is 10.5 Å². The number of carbonyl (C=O) groups excluding carboxylic acids is 2. The molecule has 0 radical (unpaired) electrons. The van der Waals surface area contributed by atoms with Crippen molar-refractivity contribution < 1.29 is 18.4 Å². The highest BCUT2D eigenvalue weighted by Crippen LogP contribution is 2.37. The first-order chi connectivity index (χ1) is 25.0. The first-order valence-electron chi connectivity index (χ1n) is 16.8. The molecule has 8 rings (SSSR count). The van der Waals surface area contributed by atoms with Crippen LogP contribution in [0.15, 0.2) is 73.1 Å². The topological polar surface area (TPSA) is 120 Å². The number of benzene rings is 2. The maximum Gasteiger partial charge on any atom is 0.267 e. The van der Waals surface area contributed by atoms with E-state index in [-0.39, 0.29) is 39.0 Å². The first kappa shape index (κ1) is 35.1. The summed E-state index contributed by atoms with van der Waals surface area (Å²) in [6, 6.07) is 18.9. The maximum atomic E-state index is 15.1. The van der Waals surface area contributed by atoms with Gasteiger partial charge in [-0.1, -0.05) is 47.5 Å². The second-order valence-electron chi connectivity index (χ2n) is 13.3. The van der Waals surface area contributed by atoms with Crippen LogP contribution in [0.5, 0.6) is 0 Å². The zero-order valence-electron chi connectivity index (χ0n) is 27.9. The fourth-order valence-electron chi connectivity index (χ4n) is 7.13. The van der Waals surface area contributed by atoms with Crippen LogP contribution in [-0.2, 0) is 22.4 Å². The summed E-state index contributed by atoms with van der Waals surface area (Å²) in [5.74, 6) is -0.185. The van der Waals surface area contributed by atoms with Gasteiger partial charge in [-0.05, 0) is 71.5 Å². The number of rotatable bonds is 4. The van der Waals surface area contributed by atoms with Gasteiger partial charge in [0.1, 0.15) is 11.6 Å². The summed E-state index contributed by atoms with van der Waals surface area (Å²) in [5.41, 5.74) is 1.48. The molecular formula is C38H32Cl2F2N8O2. The number of hydrogen-bond acceptors (Lipinski definition) is 8. The average Bonchev–Trinajstić information content (AvgIpc) is 3.96. The van der Waals surface area contributed by atoms with E-state index in [9.17, 15) is 9.59 Å². The Bertz CT molecular complexity index is 2010. The van der Waals surface area contributed by atoms with Crippen molar-refractivity contribution in [3.63, 3.8) is 0 Å². The molecule has 52 heavy (non-hydrogen) atoms. The molecule has 14 heteroatoms. The molecule has 2 fully saturated rings. The van der Waals surface area contributed by atoms with Gasteiger partial charge in [-0.2, -0.15) is 10.5 Å². The maximum absolute atomic E-state index is 15.1. The highest BCUT2D eigenvalue weighted by molar-refractivity contribution is 6.31. The fraction of sp³-hybridized carbons (Fsp3) is 0.316. The standard InChI is InChI=1S/2C19H16ClFN4O/c2*20-16-3-1-2-13(9-16)15-8-14-4-6-25(17(14)23-10-15)18(26)19(21)5-7-24(11-19)12-22/h2*1-3,8-10H,4-7,11H2/t2*19-/m10/s1. The summed E-state index contributed by atoms with van der Waals surface area (Å²) in [6.45, 7) is 0.960. The zero-order chi connectivity index (χ0) is 36.6.